The van der Waals surface area contributed by atoms with E-state index in [0.717, 1.165) is 0 Å². The van der Waals surface area contributed by atoms with Gasteiger partial charge in [-0.2, -0.15) is 0 Å². The van der Waals surface area contributed by atoms with Gasteiger partial charge in [-0.1, -0.05) is 98.1 Å². The summed E-state index contributed by atoms with van der Waals surface area (Å²) in [6, 6.07) is 17.5. The normalized spacial score (nSPS) is 20.8. The third-order valence-electron chi connectivity index (χ3n) is 5.79. The zero-order valence-corrected chi connectivity index (χ0v) is 16.0. The predicted octanol–water partition coefficient (Wildman–Crippen LogP) is 7.03. The average Bonchev–Trinajstić information content (AvgIpc) is 3.12. The van der Waals surface area contributed by atoms with Gasteiger partial charge in [0.2, 0.25) is 0 Å². The fourth-order valence-corrected chi connectivity index (χ4v) is 4.85. The van der Waals surface area contributed by atoms with Crippen LogP contribution in [-0.4, -0.2) is 0 Å². The smallest absolute Gasteiger partial charge is 0.0721 e. The Hall–Kier alpha value is -3.12. The zero-order chi connectivity index (χ0) is 19.0. The lowest BCUT2D eigenvalue weighted by molar-refractivity contribution is 0.779. The van der Waals surface area contributed by atoms with E-state index in [2.05, 4.69) is 93.8 Å². The van der Waals surface area contributed by atoms with Crippen molar-refractivity contribution in [2.45, 2.75) is 19.3 Å². The maximum Gasteiger partial charge on any atom is 0.0721 e. The molecule has 0 heteroatoms. The fourth-order valence-electron chi connectivity index (χ4n) is 4.85. The van der Waals surface area contributed by atoms with Crippen molar-refractivity contribution < 1.29 is 0 Å². The van der Waals surface area contributed by atoms with Gasteiger partial charge in [0.05, 0.1) is 5.41 Å². The molecule has 27 heavy (non-hydrogen) atoms. The van der Waals surface area contributed by atoms with Crippen molar-refractivity contribution in [2.75, 3.05) is 0 Å². The minimum Gasteiger partial charge on any atom is -0.0991 e. The highest BCUT2D eigenvalue weighted by Crippen LogP contribution is 2.61. The molecule has 0 N–H and O–H groups in total. The van der Waals surface area contributed by atoms with Crippen molar-refractivity contribution in [3.63, 3.8) is 0 Å². The maximum atomic E-state index is 4.23. The summed E-state index contributed by atoms with van der Waals surface area (Å²) in [6.07, 6.45) is 12.5. The molecule has 1 unspecified atom stereocenters. The first-order chi connectivity index (χ1) is 13.2. The van der Waals surface area contributed by atoms with Crippen LogP contribution >= 0.6 is 0 Å². The van der Waals surface area contributed by atoms with Gasteiger partial charge in [-0.15, -0.1) is 0 Å². The lowest BCUT2D eigenvalue weighted by Crippen LogP contribution is -2.27. The second-order valence-corrected chi connectivity index (χ2v) is 7.01. The summed E-state index contributed by atoms with van der Waals surface area (Å²) >= 11 is 0. The van der Waals surface area contributed by atoms with Crippen molar-refractivity contribution in [1.82, 2.24) is 0 Å². The minimum absolute atomic E-state index is 0.312. The van der Waals surface area contributed by atoms with Crippen LogP contribution in [-0.2, 0) is 5.41 Å². The van der Waals surface area contributed by atoms with Crippen molar-refractivity contribution in [1.29, 1.82) is 0 Å². The highest BCUT2D eigenvalue weighted by atomic mass is 14.5. The molecule has 0 amide bonds. The van der Waals surface area contributed by atoms with Crippen molar-refractivity contribution in [3.8, 4) is 0 Å². The van der Waals surface area contributed by atoms with Crippen LogP contribution in [0.2, 0.25) is 0 Å². The molecule has 2 aromatic carbocycles. The Morgan fingerprint density at radius 1 is 0.815 bits per heavy atom. The molecule has 132 valence electrons. The van der Waals surface area contributed by atoms with Gasteiger partial charge >= 0.3 is 0 Å². The van der Waals surface area contributed by atoms with E-state index in [4.69, 9.17) is 0 Å². The number of fused-ring (bicyclic) bond motifs is 4. The Labute approximate surface area is 162 Å². The van der Waals surface area contributed by atoms with Crippen LogP contribution in [0.1, 0.15) is 36.1 Å². The average molecular weight is 348 g/mol. The Balaban J connectivity index is 2.21. The molecule has 1 atom stereocenters. The largest absolute Gasteiger partial charge is 0.0991 e. The molecule has 4 rings (SSSR count). The summed E-state index contributed by atoms with van der Waals surface area (Å²) in [7, 11) is 0. The Morgan fingerprint density at radius 2 is 1.44 bits per heavy atom. The topological polar surface area (TPSA) is 0 Å². The molecule has 2 aliphatic carbocycles. The van der Waals surface area contributed by atoms with E-state index in [1.165, 1.54) is 44.5 Å². The van der Waals surface area contributed by atoms with Crippen LogP contribution in [0.15, 0.2) is 109 Å². The number of benzene rings is 2. The second-order valence-electron chi connectivity index (χ2n) is 7.01. The molecule has 2 aliphatic rings. The number of rotatable bonds is 4. The van der Waals surface area contributed by atoms with E-state index in [1.54, 1.807) is 0 Å². The quantitative estimate of drug-likeness (QED) is 0.520. The third kappa shape index (κ3) is 2.16. The standard InChI is InChI=1S/C27H24/c1-5-8-16-24-19(4)20-14-9-11-17-25(20)27(24)23(7-3)21(13-6-2)22-15-10-12-18-26(22)27/h5-18H,1,3H2,2,4H3/b13-6-,16-8-. The molecule has 2 aromatic rings. The molecular formula is C27H24. The van der Waals surface area contributed by atoms with Crippen LogP contribution in [0.5, 0.6) is 0 Å². The third-order valence-corrected chi connectivity index (χ3v) is 5.79. The van der Waals surface area contributed by atoms with Crippen molar-refractivity contribution in [2.24, 2.45) is 0 Å². The lowest BCUT2D eigenvalue weighted by Gasteiger charge is -2.32. The fraction of sp³-hybridized carbons (Fsp3) is 0.111. The van der Waals surface area contributed by atoms with Gasteiger partial charge < -0.3 is 0 Å². The second kappa shape index (κ2) is 6.55. The van der Waals surface area contributed by atoms with E-state index in [1.807, 2.05) is 18.2 Å². The van der Waals surface area contributed by atoms with E-state index in [-0.39, 0.29) is 5.41 Å². The van der Waals surface area contributed by atoms with Crippen LogP contribution in [0.4, 0.5) is 0 Å². The number of hydrogen-bond acceptors (Lipinski definition) is 0. The van der Waals surface area contributed by atoms with Gasteiger partial charge in [-0.05, 0) is 58.4 Å². The first-order valence-electron chi connectivity index (χ1n) is 9.41. The highest BCUT2D eigenvalue weighted by molar-refractivity contribution is 5.97. The maximum absolute atomic E-state index is 4.23. The molecule has 1 spiro atoms. The first-order valence-corrected chi connectivity index (χ1v) is 9.41. The van der Waals surface area contributed by atoms with Crippen molar-refractivity contribution >= 4 is 11.1 Å². The minimum atomic E-state index is -0.312. The number of allylic oxidation sites excluding steroid dienone is 10. The molecule has 0 nitrogen and oxygen atoms in total. The van der Waals surface area contributed by atoms with Gasteiger partial charge in [-0.25, -0.2) is 0 Å². The molecule has 0 heterocycles. The highest BCUT2D eigenvalue weighted by Gasteiger charge is 2.51. The van der Waals surface area contributed by atoms with E-state index < -0.39 is 0 Å². The van der Waals surface area contributed by atoms with E-state index in [9.17, 15) is 0 Å². The Kier molecular flexibility index (Phi) is 4.20. The van der Waals surface area contributed by atoms with Gasteiger partial charge in [0, 0.05) is 0 Å². The van der Waals surface area contributed by atoms with Gasteiger partial charge in [0.1, 0.15) is 0 Å². The van der Waals surface area contributed by atoms with Gasteiger partial charge in [-0.3, -0.25) is 0 Å². The van der Waals surface area contributed by atoms with Gasteiger partial charge in [0.15, 0.2) is 0 Å². The van der Waals surface area contributed by atoms with Crippen LogP contribution < -0.4 is 0 Å². The van der Waals surface area contributed by atoms with E-state index >= 15 is 0 Å². The molecular weight excluding hydrogens is 324 g/mol. The molecule has 0 aliphatic heterocycles. The molecule has 0 fully saturated rings. The first kappa shape index (κ1) is 17.3. The summed E-state index contributed by atoms with van der Waals surface area (Å²) < 4.78 is 0. The molecule has 0 saturated carbocycles. The zero-order valence-electron chi connectivity index (χ0n) is 16.0. The summed E-state index contributed by atoms with van der Waals surface area (Å²) in [5.41, 5.74) is 10.1. The van der Waals surface area contributed by atoms with Crippen molar-refractivity contribution in [3.05, 3.63) is 132 Å². The monoisotopic (exact) mass is 348 g/mol. The molecule has 0 aromatic heterocycles. The Morgan fingerprint density at radius 3 is 2.07 bits per heavy atom. The summed E-state index contributed by atoms with van der Waals surface area (Å²) in [5, 5.41) is 0. The van der Waals surface area contributed by atoms with Crippen LogP contribution in [0, 0.1) is 0 Å². The van der Waals surface area contributed by atoms with Gasteiger partial charge in [0.25, 0.3) is 0 Å². The lowest BCUT2D eigenvalue weighted by atomic mass is 9.68. The summed E-state index contributed by atoms with van der Waals surface area (Å²) in [6.45, 7) is 12.4. The SMILES string of the molecule is C=C/C=C\C1=C(C)c2ccccc2C12C(C=C)=C(/C=C\C)c1ccccc12. The number of hydrogen-bond donors (Lipinski definition) is 0. The molecule has 0 radical (unpaired) electrons. The summed E-state index contributed by atoms with van der Waals surface area (Å²) in [5.74, 6) is 0. The Bertz CT molecular complexity index is 1070. The van der Waals surface area contributed by atoms with Crippen LogP contribution in [0.25, 0.3) is 11.1 Å². The predicted molar refractivity (Wildman–Crippen MR) is 118 cm³/mol. The molecule has 0 bridgehead atoms. The summed E-state index contributed by atoms with van der Waals surface area (Å²) in [4.78, 5) is 0. The van der Waals surface area contributed by atoms with Crippen LogP contribution in [0.3, 0.4) is 0 Å². The molecule has 0 saturated heterocycles. The van der Waals surface area contributed by atoms with E-state index in [0.29, 0.717) is 0 Å².